The van der Waals surface area contributed by atoms with Crippen LogP contribution in [-0.4, -0.2) is 39.8 Å². The molecule has 108 valence electrons. The summed E-state index contributed by atoms with van der Waals surface area (Å²) in [6.45, 7) is 3.11. The Morgan fingerprint density at radius 1 is 1.50 bits per heavy atom. The minimum atomic E-state index is 0.281. The Kier molecular flexibility index (Phi) is 4.44. The number of hydrogen-bond acceptors (Lipinski definition) is 6. The number of nitrogens with zero attached hydrogens (tertiary/aromatic N) is 3. The zero-order valence-electron chi connectivity index (χ0n) is 11.4. The fourth-order valence-corrected chi connectivity index (χ4v) is 3.38. The number of rotatable bonds is 5. The topological polar surface area (TPSA) is 62.4 Å². The molecule has 2 aromatic rings. The molecule has 0 bridgehead atoms. The molecule has 1 aliphatic heterocycles. The van der Waals surface area contributed by atoms with E-state index < -0.39 is 0 Å². The first-order chi connectivity index (χ1) is 9.85. The van der Waals surface area contributed by atoms with E-state index in [0.29, 0.717) is 11.8 Å². The minimum Gasteiger partial charge on any atom is -0.396 e. The minimum absolute atomic E-state index is 0.281. The van der Waals surface area contributed by atoms with Gasteiger partial charge in [-0.1, -0.05) is 11.2 Å². The lowest BCUT2D eigenvalue weighted by molar-refractivity contribution is 0.139. The molecule has 0 aliphatic carbocycles. The van der Waals surface area contributed by atoms with Crippen LogP contribution >= 0.6 is 11.3 Å². The van der Waals surface area contributed by atoms with E-state index in [-0.39, 0.29) is 6.61 Å². The summed E-state index contributed by atoms with van der Waals surface area (Å²) in [6, 6.07) is 3.97. The van der Waals surface area contributed by atoms with Gasteiger partial charge in [-0.15, -0.1) is 11.3 Å². The van der Waals surface area contributed by atoms with Gasteiger partial charge in [0.05, 0.1) is 11.4 Å². The zero-order valence-corrected chi connectivity index (χ0v) is 12.2. The summed E-state index contributed by atoms with van der Waals surface area (Å²) in [5, 5.41) is 15.1. The van der Waals surface area contributed by atoms with Crippen molar-refractivity contribution < 1.29 is 9.63 Å². The van der Waals surface area contributed by atoms with E-state index in [2.05, 4.69) is 15.0 Å². The maximum Gasteiger partial charge on any atom is 0.268 e. The smallest absolute Gasteiger partial charge is 0.268 e. The molecular formula is C14H19N3O2S. The second kappa shape index (κ2) is 6.47. The van der Waals surface area contributed by atoms with Gasteiger partial charge in [0, 0.05) is 13.2 Å². The van der Waals surface area contributed by atoms with E-state index in [4.69, 9.17) is 9.63 Å². The van der Waals surface area contributed by atoms with Gasteiger partial charge < -0.3 is 9.63 Å². The van der Waals surface area contributed by atoms with Crippen LogP contribution in [0.25, 0.3) is 10.8 Å². The van der Waals surface area contributed by atoms with Crippen molar-refractivity contribution in [3.8, 4) is 10.8 Å². The van der Waals surface area contributed by atoms with E-state index in [9.17, 15) is 0 Å². The third kappa shape index (κ3) is 3.26. The third-order valence-electron chi connectivity index (χ3n) is 3.71. The maximum atomic E-state index is 9.05. The summed E-state index contributed by atoms with van der Waals surface area (Å²) in [5.41, 5.74) is 0. The number of aliphatic hydroxyl groups is 1. The number of likely N-dealkylation sites (tertiary alicyclic amines) is 1. The van der Waals surface area contributed by atoms with Crippen LogP contribution in [0.4, 0.5) is 0 Å². The summed E-state index contributed by atoms with van der Waals surface area (Å²) < 4.78 is 5.31. The molecule has 1 fully saturated rings. The van der Waals surface area contributed by atoms with Crippen molar-refractivity contribution in [3.63, 3.8) is 0 Å². The highest BCUT2D eigenvalue weighted by atomic mass is 32.1. The molecule has 0 radical (unpaired) electrons. The zero-order chi connectivity index (χ0) is 13.8. The Morgan fingerprint density at radius 3 is 3.25 bits per heavy atom. The second-order valence-corrected chi connectivity index (χ2v) is 6.20. The monoisotopic (exact) mass is 293 g/mol. The first-order valence-corrected chi connectivity index (χ1v) is 7.93. The fourth-order valence-electron chi connectivity index (χ4n) is 2.73. The van der Waals surface area contributed by atoms with E-state index in [0.717, 1.165) is 36.8 Å². The summed E-state index contributed by atoms with van der Waals surface area (Å²) in [4.78, 5) is 7.83. The van der Waals surface area contributed by atoms with Crippen LogP contribution < -0.4 is 0 Å². The van der Waals surface area contributed by atoms with E-state index in [1.165, 1.54) is 12.8 Å². The van der Waals surface area contributed by atoms with Crippen LogP contribution in [0.15, 0.2) is 22.0 Å². The highest BCUT2D eigenvalue weighted by Crippen LogP contribution is 2.24. The average Bonchev–Trinajstić information content (AvgIpc) is 3.10. The number of piperidine rings is 1. The molecule has 6 heteroatoms. The van der Waals surface area contributed by atoms with Crippen molar-refractivity contribution in [1.82, 2.24) is 15.0 Å². The predicted molar refractivity (Wildman–Crippen MR) is 77.3 cm³/mol. The molecule has 3 heterocycles. The molecule has 1 aliphatic rings. The van der Waals surface area contributed by atoms with Crippen LogP contribution in [0.5, 0.6) is 0 Å². The average molecular weight is 293 g/mol. The SMILES string of the molecule is OCCC1CCCN(Cc2noc(-c3cccs3)n2)C1. The van der Waals surface area contributed by atoms with Gasteiger partial charge >= 0.3 is 0 Å². The molecule has 3 rings (SSSR count). The lowest BCUT2D eigenvalue weighted by Gasteiger charge is -2.31. The van der Waals surface area contributed by atoms with Gasteiger partial charge in [-0.2, -0.15) is 4.98 Å². The van der Waals surface area contributed by atoms with Crippen LogP contribution in [0.3, 0.4) is 0 Å². The fraction of sp³-hybridized carbons (Fsp3) is 0.571. The Morgan fingerprint density at radius 2 is 2.45 bits per heavy atom. The summed E-state index contributed by atoms with van der Waals surface area (Å²) in [6.07, 6.45) is 3.28. The molecule has 0 saturated carbocycles. The highest BCUT2D eigenvalue weighted by molar-refractivity contribution is 7.13. The van der Waals surface area contributed by atoms with Crippen LogP contribution in [-0.2, 0) is 6.54 Å². The van der Waals surface area contributed by atoms with Crippen molar-refractivity contribution in [2.45, 2.75) is 25.8 Å². The van der Waals surface area contributed by atoms with E-state index >= 15 is 0 Å². The lowest BCUT2D eigenvalue weighted by atomic mass is 9.95. The molecule has 2 aromatic heterocycles. The van der Waals surface area contributed by atoms with Gasteiger partial charge in [0.2, 0.25) is 0 Å². The van der Waals surface area contributed by atoms with Crippen molar-refractivity contribution in [3.05, 3.63) is 23.3 Å². The van der Waals surface area contributed by atoms with Gasteiger partial charge in [0.15, 0.2) is 5.82 Å². The van der Waals surface area contributed by atoms with Crippen molar-refractivity contribution in [2.75, 3.05) is 19.7 Å². The van der Waals surface area contributed by atoms with Gasteiger partial charge in [-0.25, -0.2) is 0 Å². The molecule has 5 nitrogen and oxygen atoms in total. The van der Waals surface area contributed by atoms with Gasteiger partial charge in [-0.3, -0.25) is 4.90 Å². The molecule has 1 unspecified atom stereocenters. The highest BCUT2D eigenvalue weighted by Gasteiger charge is 2.21. The van der Waals surface area contributed by atoms with Crippen LogP contribution in [0.1, 0.15) is 25.1 Å². The predicted octanol–water partition coefficient (Wildman–Crippen LogP) is 2.39. The molecule has 1 N–H and O–H groups in total. The first-order valence-electron chi connectivity index (χ1n) is 7.05. The van der Waals surface area contributed by atoms with Gasteiger partial charge in [-0.05, 0) is 43.2 Å². The molecule has 0 aromatic carbocycles. The second-order valence-electron chi connectivity index (χ2n) is 5.25. The molecule has 0 amide bonds. The Bertz CT molecular complexity index is 524. The van der Waals surface area contributed by atoms with E-state index in [1.54, 1.807) is 11.3 Å². The lowest BCUT2D eigenvalue weighted by Crippen LogP contribution is -2.35. The van der Waals surface area contributed by atoms with Crippen molar-refractivity contribution >= 4 is 11.3 Å². The quantitative estimate of drug-likeness (QED) is 0.917. The summed E-state index contributed by atoms with van der Waals surface area (Å²) in [5.74, 6) is 1.95. The van der Waals surface area contributed by atoms with E-state index in [1.807, 2.05) is 17.5 Å². The van der Waals surface area contributed by atoms with Gasteiger partial charge in [0.25, 0.3) is 5.89 Å². The molecule has 0 spiro atoms. The van der Waals surface area contributed by atoms with Crippen molar-refractivity contribution in [2.24, 2.45) is 5.92 Å². The largest absolute Gasteiger partial charge is 0.396 e. The van der Waals surface area contributed by atoms with Crippen LogP contribution in [0.2, 0.25) is 0 Å². The normalized spacial score (nSPS) is 20.4. The Balaban J connectivity index is 1.60. The Hall–Kier alpha value is -1.24. The number of hydrogen-bond donors (Lipinski definition) is 1. The maximum absolute atomic E-state index is 9.05. The van der Waals surface area contributed by atoms with Crippen molar-refractivity contribution in [1.29, 1.82) is 0 Å². The summed E-state index contributed by atoms with van der Waals surface area (Å²) in [7, 11) is 0. The third-order valence-corrected chi connectivity index (χ3v) is 4.56. The van der Waals surface area contributed by atoms with Gasteiger partial charge in [0.1, 0.15) is 0 Å². The summed E-state index contributed by atoms with van der Waals surface area (Å²) >= 11 is 1.60. The molecule has 1 atom stereocenters. The molecular weight excluding hydrogens is 274 g/mol. The Labute approximate surface area is 122 Å². The number of aliphatic hydroxyl groups excluding tert-OH is 1. The molecule has 20 heavy (non-hydrogen) atoms. The molecule has 1 saturated heterocycles. The van der Waals surface area contributed by atoms with Crippen LogP contribution in [0, 0.1) is 5.92 Å². The first kappa shape index (κ1) is 13.7. The number of aromatic nitrogens is 2. The number of thiophene rings is 1. The standard InChI is InChI=1S/C14H19N3O2S/c18-7-5-11-3-1-6-17(9-11)10-13-15-14(19-16-13)12-4-2-8-20-12/h2,4,8,11,18H,1,3,5-7,9-10H2.